The molecular weight excluding hydrogens is 296 g/mol. The molecule has 0 saturated carbocycles. The summed E-state index contributed by atoms with van der Waals surface area (Å²) in [5.41, 5.74) is 0.586. The fraction of sp³-hybridized carbons (Fsp3) is 0.417. The van der Waals surface area contributed by atoms with Gasteiger partial charge < -0.3 is 10.1 Å². The lowest BCUT2D eigenvalue weighted by molar-refractivity contribution is 0.0388. The maximum atomic E-state index is 11.3. The summed E-state index contributed by atoms with van der Waals surface area (Å²) in [6.07, 6.45) is -0.426. The third-order valence-electron chi connectivity index (χ3n) is 2.91. The highest BCUT2D eigenvalue weighted by molar-refractivity contribution is 6.42. The van der Waals surface area contributed by atoms with E-state index in [0.717, 1.165) is 5.56 Å². The fourth-order valence-corrected chi connectivity index (χ4v) is 2.35. The van der Waals surface area contributed by atoms with Crippen molar-refractivity contribution >= 4 is 41.7 Å². The van der Waals surface area contributed by atoms with Gasteiger partial charge in [0.2, 0.25) is 0 Å². The monoisotopic (exact) mass is 309 g/mol. The summed E-state index contributed by atoms with van der Waals surface area (Å²) in [6.45, 7) is 4.37. The number of carbonyl (C=O) groups excluding carboxylic acids is 1. The molecule has 6 heteroatoms. The minimum Gasteiger partial charge on any atom is -0.449 e. The maximum Gasteiger partial charge on any atom is 0.407 e. The predicted molar refractivity (Wildman–Crippen MR) is 74.7 cm³/mol. The van der Waals surface area contributed by atoms with Crippen LogP contribution in [-0.4, -0.2) is 12.7 Å². The second-order valence-corrected chi connectivity index (χ2v) is 5.57. The molecule has 1 aliphatic heterocycles. The minimum absolute atomic E-state index is 0. The van der Waals surface area contributed by atoms with Gasteiger partial charge in [-0.2, -0.15) is 0 Å². The van der Waals surface area contributed by atoms with E-state index in [-0.39, 0.29) is 23.9 Å². The molecule has 0 spiro atoms. The molecule has 0 aliphatic carbocycles. The summed E-state index contributed by atoms with van der Waals surface area (Å²) in [7, 11) is 0. The molecule has 0 unspecified atom stereocenters. The third-order valence-corrected chi connectivity index (χ3v) is 3.74. The Hall–Kier alpha value is -0.640. The Kier molecular flexibility index (Phi) is 4.76. The average Bonchev–Trinajstić information content (AvgIpc) is 2.26. The molecule has 3 nitrogen and oxygen atoms in total. The maximum absolute atomic E-state index is 11.3. The number of carbonyl (C=O) groups is 1. The zero-order valence-corrected chi connectivity index (χ0v) is 12.3. The van der Waals surface area contributed by atoms with Crippen LogP contribution in [0.4, 0.5) is 4.79 Å². The topological polar surface area (TPSA) is 38.3 Å². The summed E-state index contributed by atoms with van der Waals surface area (Å²) in [6, 6.07) is 5.21. The van der Waals surface area contributed by atoms with Crippen molar-refractivity contribution in [2.75, 3.05) is 6.61 Å². The number of cyclic esters (lactones) is 1. The van der Waals surface area contributed by atoms with Gasteiger partial charge in [-0.05, 0) is 11.6 Å². The van der Waals surface area contributed by atoms with E-state index in [2.05, 4.69) is 5.32 Å². The van der Waals surface area contributed by atoms with E-state index in [1.54, 1.807) is 6.07 Å². The van der Waals surface area contributed by atoms with Crippen molar-refractivity contribution in [2.45, 2.75) is 19.9 Å². The summed E-state index contributed by atoms with van der Waals surface area (Å²) >= 11 is 12.2. The number of alkyl carbamates (subject to hydrolysis) is 1. The molecule has 1 N–H and O–H groups in total. The quantitative estimate of drug-likeness (QED) is 0.843. The molecule has 1 aromatic carbocycles. The molecule has 1 aromatic rings. The Morgan fingerprint density at radius 1 is 1.39 bits per heavy atom. The van der Waals surface area contributed by atoms with Crippen LogP contribution in [0.2, 0.25) is 10.0 Å². The molecule has 0 bridgehead atoms. The lowest BCUT2D eigenvalue weighted by Gasteiger charge is -2.38. The Bertz CT molecular complexity index is 463. The Labute approximate surface area is 122 Å². The van der Waals surface area contributed by atoms with Gasteiger partial charge in [-0.25, -0.2) is 4.79 Å². The summed E-state index contributed by atoms with van der Waals surface area (Å²) in [5.74, 6) is 0. The van der Waals surface area contributed by atoms with Crippen molar-refractivity contribution in [1.29, 1.82) is 0 Å². The molecule has 100 valence electrons. The van der Waals surface area contributed by atoms with E-state index in [0.29, 0.717) is 16.7 Å². The van der Waals surface area contributed by atoms with E-state index in [1.807, 2.05) is 26.0 Å². The lowest BCUT2D eigenvalue weighted by Crippen LogP contribution is -2.47. The molecular formula is C12H14Cl3NO2. The van der Waals surface area contributed by atoms with Gasteiger partial charge in [0.15, 0.2) is 0 Å². The van der Waals surface area contributed by atoms with Gasteiger partial charge >= 0.3 is 6.09 Å². The van der Waals surface area contributed by atoms with E-state index in [1.165, 1.54) is 0 Å². The minimum atomic E-state index is -0.426. The van der Waals surface area contributed by atoms with Crippen LogP contribution in [0.15, 0.2) is 18.2 Å². The van der Waals surface area contributed by atoms with Crippen LogP contribution >= 0.6 is 35.6 Å². The number of amides is 1. The second-order valence-electron chi connectivity index (χ2n) is 4.79. The number of rotatable bonds is 1. The zero-order valence-electron chi connectivity index (χ0n) is 10.00. The second kappa shape index (κ2) is 5.55. The van der Waals surface area contributed by atoms with E-state index in [4.69, 9.17) is 27.9 Å². The standard InChI is InChI=1S/C12H13Cl2NO2.ClH/c1-12(2)6-17-11(16)15-10(12)7-4-3-5-8(13)9(7)14;/h3-5,10H,6H2,1-2H3,(H,15,16);1H/t10-;/m1./s1. The summed E-state index contributed by atoms with van der Waals surface area (Å²) in [4.78, 5) is 11.3. The van der Waals surface area contributed by atoms with Gasteiger partial charge in [0.1, 0.15) is 6.61 Å². The number of halogens is 3. The smallest absolute Gasteiger partial charge is 0.407 e. The fourth-order valence-electron chi connectivity index (χ4n) is 1.93. The van der Waals surface area contributed by atoms with Crippen LogP contribution in [0.25, 0.3) is 0 Å². The van der Waals surface area contributed by atoms with E-state index < -0.39 is 6.09 Å². The molecule has 1 aliphatic rings. The number of ether oxygens (including phenoxy) is 1. The molecule has 1 amide bonds. The van der Waals surface area contributed by atoms with Crippen molar-refractivity contribution in [1.82, 2.24) is 5.32 Å². The number of hydrogen-bond donors (Lipinski definition) is 1. The molecule has 1 fully saturated rings. The zero-order chi connectivity index (χ0) is 12.6. The van der Waals surface area contributed by atoms with Crippen LogP contribution in [0, 0.1) is 5.41 Å². The highest BCUT2D eigenvalue weighted by Gasteiger charge is 2.39. The van der Waals surface area contributed by atoms with Crippen LogP contribution in [-0.2, 0) is 4.74 Å². The Balaban J connectivity index is 0.00000162. The van der Waals surface area contributed by atoms with Gasteiger partial charge in [0.05, 0.1) is 16.1 Å². The number of nitrogens with one attached hydrogen (secondary N) is 1. The summed E-state index contributed by atoms with van der Waals surface area (Å²) in [5, 5.41) is 3.75. The van der Waals surface area contributed by atoms with Crippen molar-refractivity contribution < 1.29 is 9.53 Å². The van der Waals surface area contributed by atoms with Crippen molar-refractivity contribution in [3.8, 4) is 0 Å². The first-order chi connectivity index (χ1) is 7.92. The van der Waals surface area contributed by atoms with Gasteiger partial charge in [0.25, 0.3) is 0 Å². The van der Waals surface area contributed by atoms with Crippen molar-refractivity contribution in [3.05, 3.63) is 33.8 Å². The normalized spacial score (nSPS) is 21.6. The van der Waals surface area contributed by atoms with Crippen LogP contribution in [0.3, 0.4) is 0 Å². The van der Waals surface area contributed by atoms with Gasteiger partial charge in [-0.3, -0.25) is 0 Å². The predicted octanol–water partition coefficient (Wildman–Crippen LogP) is 4.22. The first kappa shape index (κ1) is 15.4. The number of hydrogen-bond acceptors (Lipinski definition) is 2. The number of benzene rings is 1. The Morgan fingerprint density at radius 3 is 2.72 bits per heavy atom. The first-order valence-electron chi connectivity index (χ1n) is 5.29. The molecule has 1 atom stereocenters. The summed E-state index contributed by atoms with van der Waals surface area (Å²) < 4.78 is 4.99. The van der Waals surface area contributed by atoms with E-state index >= 15 is 0 Å². The van der Waals surface area contributed by atoms with Crippen LogP contribution in [0.5, 0.6) is 0 Å². The van der Waals surface area contributed by atoms with Crippen LogP contribution in [0.1, 0.15) is 25.5 Å². The molecule has 1 heterocycles. The first-order valence-corrected chi connectivity index (χ1v) is 6.04. The van der Waals surface area contributed by atoms with Crippen molar-refractivity contribution in [2.24, 2.45) is 5.41 Å². The third kappa shape index (κ3) is 2.85. The highest BCUT2D eigenvalue weighted by Crippen LogP contribution is 2.40. The average molecular weight is 311 g/mol. The van der Waals surface area contributed by atoms with Gasteiger partial charge in [0, 0.05) is 5.41 Å². The van der Waals surface area contributed by atoms with Crippen LogP contribution < -0.4 is 5.32 Å². The SMILES string of the molecule is CC1(C)COC(=O)N[C@@H]1c1cccc(Cl)c1Cl.Cl. The highest BCUT2D eigenvalue weighted by atomic mass is 35.5. The van der Waals surface area contributed by atoms with Gasteiger partial charge in [-0.15, -0.1) is 12.4 Å². The van der Waals surface area contributed by atoms with Gasteiger partial charge in [-0.1, -0.05) is 49.2 Å². The van der Waals surface area contributed by atoms with E-state index in [9.17, 15) is 4.79 Å². The molecule has 1 saturated heterocycles. The largest absolute Gasteiger partial charge is 0.449 e. The van der Waals surface area contributed by atoms with Crippen molar-refractivity contribution in [3.63, 3.8) is 0 Å². The molecule has 0 radical (unpaired) electrons. The lowest BCUT2D eigenvalue weighted by atomic mass is 9.80. The molecule has 18 heavy (non-hydrogen) atoms. The Morgan fingerprint density at radius 2 is 2.06 bits per heavy atom. The molecule has 0 aromatic heterocycles. The molecule has 2 rings (SSSR count).